The zero-order valence-corrected chi connectivity index (χ0v) is 11.8. The van der Waals surface area contributed by atoms with E-state index in [0.29, 0.717) is 18.0 Å². The number of nitrogens with zero attached hydrogens (tertiary/aromatic N) is 1. The summed E-state index contributed by atoms with van der Waals surface area (Å²) in [4.78, 5) is 14.0. The van der Waals surface area contributed by atoms with Crippen molar-refractivity contribution in [1.29, 1.82) is 0 Å². The summed E-state index contributed by atoms with van der Waals surface area (Å²) in [5.41, 5.74) is 0.962. The molecule has 19 heavy (non-hydrogen) atoms. The summed E-state index contributed by atoms with van der Waals surface area (Å²) in [7, 11) is 2.06. The Balaban J connectivity index is 1.73. The normalized spacial score (nSPS) is 20.2. The van der Waals surface area contributed by atoms with Crippen molar-refractivity contribution in [3.63, 3.8) is 0 Å². The number of carbonyl (C=O) groups excluding carboxylic acids is 1. The highest BCUT2D eigenvalue weighted by molar-refractivity contribution is 6.30. The highest BCUT2D eigenvalue weighted by atomic mass is 35.5. The predicted molar refractivity (Wildman–Crippen MR) is 75.4 cm³/mol. The Labute approximate surface area is 118 Å². The van der Waals surface area contributed by atoms with Gasteiger partial charge in [0, 0.05) is 24.7 Å². The van der Waals surface area contributed by atoms with Crippen LogP contribution in [0.2, 0.25) is 5.02 Å². The van der Waals surface area contributed by atoms with Crippen LogP contribution < -0.4 is 5.32 Å². The van der Waals surface area contributed by atoms with E-state index < -0.39 is 0 Å². The van der Waals surface area contributed by atoms with Crippen LogP contribution in [0.25, 0.3) is 0 Å². The zero-order valence-electron chi connectivity index (χ0n) is 11.1. The van der Waals surface area contributed by atoms with Gasteiger partial charge in [0.2, 0.25) is 5.91 Å². The monoisotopic (exact) mass is 282 g/mol. The number of halogens is 1. The summed E-state index contributed by atoms with van der Waals surface area (Å²) in [5, 5.41) is 3.60. The molecule has 5 heteroatoms. The van der Waals surface area contributed by atoms with Gasteiger partial charge in [-0.25, -0.2) is 0 Å². The second-order valence-corrected chi connectivity index (χ2v) is 5.30. The van der Waals surface area contributed by atoms with Crippen LogP contribution in [0.5, 0.6) is 0 Å². The molecule has 0 saturated carbocycles. The Morgan fingerprint density at radius 1 is 1.47 bits per heavy atom. The Morgan fingerprint density at radius 2 is 2.21 bits per heavy atom. The second-order valence-electron chi connectivity index (χ2n) is 4.86. The van der Waals surface area contributed by atoms with Crippen LogP contribution in [0, 0.1) is 0 Å². The van der Waals surface area contributed by atoms with Gasteiger partial charge in [-0.3, -0.25) is 4.79 Å². The smallest absolute Gasteiger partial charge is 0.224 e. The molecule has 1 amide bonds. The second kappa shape index (κ2) is 6.89. The molecular weight excluding hydrogens is 264 g/mol. The summed E-state index contributed by atoms with van der Waals surface area (Å²) in [5.74, 6) is 0.0131. The van der Waals surface area contributed by atoms with Crippen LogP contribution >= 0.6 is 11.6 Å². The topological polar surface area (TPSA) is 41.6 Å². The molecule has 0 aromatic heterocycles. The molecular formula is C14H19ClN2O2. The van der Waals surface area contributed by atoms with E-state index in [1.165, 1.54) is 0 Å². The molecule has 104 valence electrons. The first-order valence-corrected chi connectivity index (χ1v) is 6.82. The van der Waals surface area contributed by atoms with Crippen molar-refractivity contribution in [1.82, 2.24) is 10.2 Å². The minimum Gasteiger partial charge on any atom is -0.374 e. The lowest BCUT2D eigenvalue weighted by Gasteiger charge is -2.30. The third-order valence-electron chi connectivity index (χ3n) is 3.15. The number of rotatable bonds is 4. The minimum absolute atomic E-state index is 0.0131. The largest absolute Gasteiger partial charge is 0.374 e. The van der Waals surface area contributed by atoms with Gasteiger partial charge in [0.1, 0.15) is 0 Å². The number of hydrogen-bond acceptors (Lipinski definition) is 3. The molecule has 1 N–H and O–H groups in total. The predicted octanol–water partition coefficient (Wildman–Crippen LogP) is 1.33. The number of nitrogens with one attached hydrogen (secondary N) is 1. The van der Waals surface area contributed by atoms with Gasteiger partial charge in [-0.05, 0) is 24.7 Å². The number of morpholine rings is 1. The van der Waals surface area contributed by atoms with E-state index in [9.17, 15) is 4.79 Å². The molecule has 1 aromatic rings. The number of carbonyl (C=O) groups is 1. The van der Waals surface area contributed by atoms with Crippen molar-refractivity contribution in [3.05, 3.63) is 34.9 Å². The summed E-state index contributed by atoms with van der Waals surface area (Å²) < 4.78 is 5.59. The first-order chi connectivity index (χ1) is 9.13. The van der Waals surface area contributed by atoms with Crippen LogP contribution in [0.4, 0.5) is 0 Å². The summed E-state index contributed by atoms with van der Waals surface area (Å²) in [6.07, 6.45) is 0.465. The van der Waals surface area contributed by atoms with E-state index in [4.69, 9.17) is 16.3 Å². The highest BCUT2D eigenvalue weighted by Crippen LogP contribution is 2.10. The number of hydrogen-bond donors (Lipinski definition) is 1. The van der Waals surface area contributed by atoms with Crippen molar-refractivity contribution >= 4 is 17.5 Å². The molecule has 1 atom stereocenters. The van der Waals surface area contributed by atoms with Crippen LogP contribution in [-0.2, 0) is 16.0 Å². The van der Waals surface area contributed by atoms with Gasteiger partial charge in [0.15, 0.2) is 0 Å². The minimum atomic E-state index is 0.0131. The fraction of sp³-hybridized carbons (Fsp3) is 0.500. The van der Waals surface area contributed by atoms with Gasteiger partial charge in [0.05, 0.1) is 19.1 Å². The number of ether oxygens (including phenoxy) is 1. The van der Waals surface area contributed by atoms with Gasteiger partial charge in [-0.15, -0.1) is 0 Å². The molecule has 1 unspecified atom stereocenters. The van der Waals surface area contributed by atoms with Crippen molar-refractivity contribution in [2.45, 2.75) is 12.5 Å². The lowest BCUT2D eigenvalue weighted by molar-refractivity contribution is -0.121. The van der Waals surface area contributed by atoms with Gasteiger partial charge < -0.3 is 15.0 Å². The molecule has 1 saturated heterocycles. The Kier molecular flexibility index (Phi) is 5.19. The SMILES string of the molecule is CN1CCOC(CNC(=O)Cc2ccc(Cl)cc2)C1. The van der Waals surface area contributed by atoms with Crippen molar-refractivity contribution in [3.8, 4) is 0 Å². The Morgan fingerprint density at radius 3 is 2.89 bits per heavy atom. The van der Waals surface area contributed by atoms with E-state index in [1.54, 1.807) is 12.1 Å². The van der Waals surface area contributed by atoms with Crippen molar-refractivity contribution in [2.24, 2.45) is 0 Å². The number of likely N-dealkylation sites (N-methyl/N-ethyl adjacent to an activating group) is 1. The maximum Gasteiger partial charge on any atom is 0.224 e. The fourth-order valence-corrected chi connectivity index (χ4v) is 2.19. The molecule has 2 rings (SSSR count). The van der Waals surface area contributed by atoms with Crippen LogP contribution in [0.15, 0.2) is 24.3 Å². The summed E-state index contributed by atoms with van der Waals surface area (Å²) >= 11 is 5.80. The zero-order chi connectivity index (χ0) is 13.7. The number of benzene rings is 1. The third-order valence-corrected chi connectivity index (χ3v) is 3.40. The van der Waals surface area contributed by atoms with Gasteiger partial charge in [0.25, 0.3) is 0 Å². The molecule has 1 aliphatic heterocycles. The molecule has 0 bridgehead atoms. The molecule has 1 heterocycles. The third kappa shape index (κ3) is 4.82. The molecule has 0 aliphatic carbocycles. The van der Waals surface area contributed by atoms with Gasteiger partial charge in [-0.1, -0.05) is 23.7 Å². The van der Waals surface area contributed by atoms with Crippen LogP contribution in [0.3, 0.4) is 0 Å². The molecule has 4 nitrogen and oxygen atoms in total. The Bertz CT molecular complexity index is 422. The lowest BCUT2D eigenvalue weighted by atomic mass is 10.1. The molecule has 0 radical (unpaired) electrons. The molecule has 1 fully saturated rings. The van der Waals surface area contributed by atoms with E-state index in [1.807, 2.05) is 12.1 Å². The van der Waals surface area contributed by atoms with E-state index in [-0.39, 0.29) is 12.0 Å². The lowest BCUT2D eigenvalue weighted by Crippen LogP contribution is -2.46. The van der Waals surface area contributed by atoms with E-state index in [2.05, 4.69) is 17.3 Å². The molecule has 1 aliphatic rings. The summed E-state index contributed by atoms with van der Waals surface area (Å²) in [6, 6.07) is 7.33. The summed E-state index contributed by atoms with van der Waals surface area (Å²) in [6.45, 7) is 3.11. The fourth-order valence-electron chi connectivity index (χ4n) is 2.07. The van der Waals surface area contributed by atoms with Crippen LogP contribution in [-0.4, -0.2) is 50.2 Å². The maximum absolute atomic E-state index is 11.8. The maximum atomic E-state index is 11.8. The van der Waals surface area contributed by atoms with Crippen molar-refractivity contribution < 1.29 is 9.53 Å². The van der Waals surface area contributed by atoms with Crippen molar-refractivity contribution in [2.75, 3.05) is 33.3 Å². The highest BCUT2D eigenvalue weighted by Gasteiger charge is 2.18. The average molecular weight is 283 g/mol. The molecule has 0 spiro atoms. The molecule has 1 aromatic carbocycles. The quantitative estimate of drug-likeness (QED) is 0.906. The van der Waals surface area contributed by atoms with Crippen LogP contribution in [0.1, 0.15) is 5.56 Å². The van der Waals surface area contributed by atoms with Gasteiger partial charge in [-0.2, -0.15) is 0 Å². The number of amides is 1. The van der Waals surface area contributed by atoms with E-state index >= 15 is 0 Å². The Hall–Kier alpha value is -1.10. The first kappa shape index (κ1) is 14.3. The van der Waals surface area contributed by atoms with Gasteiger partial charge >= 0.3 is 0 Å². The average Bonchev–Trinajstić information content (AvgIpc) is 2.39. The van der Waals surface area contributed by atoms with E-state index in [0.717, 1.165) is 25.3 Å². The standard InChI is InChI=1S/C14H19ClN2O2/c1-17-6-7-19-13(10-17)9-16-14(18)8-11-2-4-12(15)5-3-11/h2-5,13H,6-10H2,1H3,(H,16,18). The first-order valence-electron chi connectivity index (χ1n) is 6.45.